The lowest BCUT2D eigenvalue weighted by Crippen LogP contribution is -2.60. The van der Waals surface area contributed by atoms with E-state index in [1.165, 1.54) is 64.2 Å². The summed E-state index contributed by atoms with van der Waals surface area (Å²) in [7, 11) is 0. The predicted octanol–water partition coefficient (Wildman–Crippen LogP) is 5.68. The molecule has 0 aromatic rings. The zero-order valence-corrected chi connectivity index (χ0v) is 17.2. The molecule has 1 aliphatic rings. The first kappa shape index (κ1) is 21.9. The largest absolute Gasteiger partial charge is 0.330 e. The first-order valence-corrected chi connectivity index (χ1v) is 10.5. The molecule has 0 unspecified atom stereocenters. The van der Waals surface area contributed by atoms with Crippen LogP contribution in [0.5, 0.6) is 0 Å². The molecular formula is C21H44N2O. The highest BCUT2D eigenvalue weighted by Gasteiger charge is 2.46. The molecule has 1 aliphatic heterocycles. The van der Waals surface area contributed by atoms with Gasteiger partial charge in [0, 0.05) is 11.1 Å². The van der Waals surface area contributed by atoms with Gasteiger partial charge in [0.1, 0.15) is 0 Å². The molecule has 0 saturated carbocycles. The Kier molecular flexibility index (Phi) is 9.84. The molecule has 0 atom stereocenters. The van der Waals surface area contributed by atoms with Gasteiger partial charge in [-0.3, -0.25) is 4.84 Å². The van der Waals surface area contributed by atoms with Crippen LogP contribution in [0.4, 0.5) is 0 Å². The Bertz CT molecular complexity index is 310. The SMILES string of the molecule is CCCCCCCCON1C(C)(C)CC(CCCCN)CC1(C)C. The molecule has 1 heterocycles. The second kappa shape index (κ2) is 10.8. The maximum atomic E-state index is 6.31. The molecule has 3 nitrogen and oxygen atoms in total. The van der Waals surface area contributed by atoms with Crippen LogP contribution >= 0.6 is 0 Å². The summed E-state index contributed by atoms with van der Waals surface area (Å²) in [6, 6.07) is 0. The van der Waals surface area contributed by atoms with E-state index in [0.717, 1.165) is 25.5 Å². The van der Waals surface area contributed by atoms with E-state index in [2.05, 4.69) is 39.7 Å². The van der Waals surface area contributed by atoms with Gasteiger partial charge in [0.05, 0.1) is 6.61 Å². The predicted molar refractivity (Wildman–Crippen MR) is 105 cm³/mol. The van der Waals surface area contributed by atoms with Gasteiger partial charge in [0.25, 0.3) is 0 Å². The van der Waals surface area contributed by atoms with Gasteiger partial charge in [-0.2, -0.15) is 5.06 Å². The van der Waals surface area contributed by atoms with Gasteiger partial charge < -0.3 is 5.73 Å². The smallest absolute Gasteiger partial charge is 0.0685 e. The third-order valence-corrected chi connectivity index (χ3v) is 5.46. The van der Waals surface area contributed by atoms with E-state index in [-0.39, 0.29) is 11.1 Å². The summed E-state index contributed by atoms with van der Waals surface area (Å²) < 4.78 is 0. The average molecular weight is 341 g/mol. The lowest BCUT2D eigenvalue weighted by molar-refractivity contribution is -0.288. The molecule has 0 radical (unpaired) electrons. The van der Waals surface area contributed by atoms with E-state index < -0.39 is 0 Å². The second-order valence-corrected chi connectivity index (χ2v) is 9.08. The average Bonchev–Trinajstić information content (AvgIpc) is 2.47. The standard InChI is InChI=1S/C21H44N2O/c1-6-7-8-9-10-13-16-24-23-20(2,3)17-19(14-11-12-15-22)18-21(23,4)5/h19H,6-18,22H2,1-5H3. The molecule has 144 valence electrons. The first-order chi connectivity index (χ1) is 11.3. The van der Waals surface area contributed by atoms with Crippen molar-refractivity contribution in [1.29, 1.82) is 0 Å². The summed E-state index contributed by atoms with van der Waals surface area (Å²) >= 11 is 0. The van der Waals surface area contributed by atoms with Crippen LogP contribution in [0.15, 0.2) is 0 Å². The van der Waals surface area contributed by atoms with Crippen molar-refractivity contribution < 1.29 is 4.84 Å². The van der Waals surface area contributed by atoms with Gasteiger partial charge in [-0.1, -0.05) is 51.9 Å². The van der Waals surface area contributed by atoms with Crippen molar-refractivity contribution >= 4 is 0 Å². The molecule has 24 heavy (non-hydrogen) atoms. The van der Waals surface area contributed by atoms with Crippen molar-refractivity contribution in [3.63, 3.8) is 0 Å². The number of unbranched alkanes of at least 4 members (excludes halogenated alkanes) is 6. The molecule has 0 aliphatic carbocycles. The topological polar surface area (TPSA) is 38.5 Å². The third-order valence-electron chi connectivity index (χ3n) is 5.46. The Morgan fingerprint density at radius 2 is 1.46 bits per heavy atom. The van der Waals surface area contributed by atoms with Gasteiger partial charge in [-0.15, -0.1) is 0 Å². The molecule has 1 saturated heterocycles. The highest BCUT2D eigenvalue weighted by Crippen LogP contribution is 2.43. The lowest BCUT2D eigenvalue weighted by atomic mass is 9.73. The number of piperidine rings is 1. The number of hydrogen-bond donors (Lipinski definition) is 1. The zero-order valence-electron chi connectivity index (χ0n) is 17.2. The van der Waals surface area contributed by atoms with Crippen LogP contribution in [0.2, 0.25) is 0 Å². The molecule has 2 N–H and O–H groups in total. The fourth-order valence-corrected chi connectivity index (χ4v) is 4.64. The van der Waals surface area contributed by atoms with Gasteiger partial charge in [0.2, 0.25) is 0 Å². The van der Waals surface area contributed by atoms with E-state index in [0.29, 0.717) is 0 Å². The van der Waals surface area contributed by atoms with Crippen molar-refractivity contribution in [3.05, 3.63) is 0 Å². The van der Waals surface area contributed by atoms with Crippen LogP contribution in [0, 0.1) is 5.92 Å². The minimum absolute atomic E-state index is 0.122. The number of nitrogens with zero attached hydrogens (tertiary/aromatic N) is 1. The molecular weight excluding hydrogens is 296 g/mol. The summed E-state index contributed by atoms with van der Waals surface area (Å²) in [4.78, 5) is 6.31. The fraction of sp³-hybridized carbons (Fsp3) is 1.00. The molecule has 0 aromatic heterocycles. The Hall–Kier alpha value is -0.120. The van der Waals surface area contributed by atoms with Crippen LogP contribution in [0.1, 0.15) is 105 Å². The number of hydrogen-bond acceptors (Lipinski definition) is 3. The lowest BCUT2D eigenvalue weighted by Gasteiger charge is -2.54. The number of rotatable bonds is 12. The van der Waals surface area contributed by atoms with Crippen molar-refractivity contribution in [3.8, 4) is 0 Å². The van der Waals surface area contributed by atoms with Crippen molar-refractivity contribution in [2.45, 2.75) is 116 Å². The maximum Gasteiger partial charge on any atom is 0.0685 e. The van der Waals surface area contributed by atoms with Crippen molar-refractivity contribution in [1.82, 2.24) is 5.06 Å². The van der Waals surface area contributed by atoms with Crippen molar-refractivity contribution in [2.24, 2.45) is 11.7 Å². The Morgan fingerprint density at radius 3 is 2.04 bits per heavy atom. The van der Waals surface area contributed by atoms with Gasteiger partial charge in [0.15, 0.2) is 0 Å². The van der Waals surface area contributed by atoms with Crippen LogP contribution in [-0.2, 0) is 4.84 Å². The molecule has 0 spiro atoms. The molecule has 0 amide bonds. The molecule has 1 fully saturated rings. The molecule has 0 bridgehead atoms. The normalized spacial score (nSPS) is 21.2. The van der Waals surface area contributed by atoms with Crippen LogP contribution < -0.4 is 5.73 Å². The van der Waals surface area contributed by atoms with Gasteiger partial charge in [-0.25, -0.2) is 0 Å². The summed E-state index contributed by atoms with van der Waals surface area (Å²) in [6.45, 7) is 13.4. The fourth-order valence-electron chi connectivity index (χ4n) is 4.64. The Balaban J connectivity index is 2.40. The second-order valence-electron chi connectivity index (χ2n) is 9.08. The minimum Gasteiger partial charge on any atom is -0.330 e. The van der Waals surface area contributed by atoms with Crippen LogP contribution in [0.3, 0.4) is 0 Å². The highest BCUT2D eigenvalue weighted by molar-refractivity contribution is 4.96. The molecule has 3 heteroatoms. The zero-order chi connectivity index (χ0) is 18.1. The van der Waals surface area contributed by atoms with Crippen LogP contribution in [-0.4, -0.2) is 29.3 Å². The number of hydroxylamine groups is 2. The van der Waals surface area contributed by atoms with Crippen molar-refractivity contribution in [2.75, 3.05) is 13.2 Å². The van der Waals surface area contributed by atoms with E-state index in [4.69, 9.17) is 10.6 Å². The highest BCUT2D eigenvalue weighted by atomic mass is 16.7. The minimum atomic E-state index is 0.122. The first-order valence-electron chi connectivity index (χ1n) is 10.5. The monoisotopic (exact) mass is 340 g/mol. The maximum absolute atomic E-state index is 6.31. The van der Waals surface area contributed by atoms with Crippen LogP contribution in [0.25, 0.3) is 0 Å². The number of nitrogens with two attached hydrogens (primary N) is 1. The Morgan fingerprint density at radius 1 is 0.875 bits per heavy atom. The summed E-state index contributed by atoms with van der Waals surface area (Å²) in [5.41, 5.74) is 5.90. The quantitative estimate of drug-likeness (QED) is 0.465. The summed E-state index contributed by atoms with van der Waals surface area (Å²) in [5.74, 6) is 0.801. The van der Waals surface area contributed by atoms with E-state index in [1.807, 2.05) is 0 Å². The Labute approximate surface area is 151 Å². The van der Waals surface area contributed by atoms with Gasteiger partial charge >= 0.3 is 0 Å². The third kappa shape index (κ3) is 7.41. The summed E-state index contributed by atoms with van der Waals surface area (Å²) in [5, 5.41) is 2.32. The molecule has 0 aromatic carbocycles. The summed E-state index contributed by atoms with van der Waals surface area (Å²) in [6.07, 6.45) is 14.1. The molecule has 1 rings (SSSR count). The van der Waals surface area contributed by atoms with E-state index in [9.17, 15) is 0 Å². The van der Waals surface area contributed by atoms with Gasteiger partial charge in [-0.05, 0) is 65.8 Å². The van der Waals surface area contributed by atoms with E-state index in [1.54, 1.807) is 0 Å². The van der Waals surface area contributed by atoms with E-state index >= 15 is 0 Å².